The van der Waals surface area contributed by atoms with E-state index >= 15 is 0 Å². The van der Waals surface area contributed by atoms with E-state index < -0.39 is 31.0 Å². The third kappa shape index (κ3) is 14.4. The van der Waals surface area contributed by atoms with Crippen molar-refractivity contribution in [1.82, 2.24) is 16.0 Å². The monoisotopic (exact) mass is 490 g/mol. The number of unbranched alkanes of at least 4 members (excludes halogenated alkanes) is 6. The van der Waals surface area contributed by atoms with E-state index in [9.17, 15) is 24.4 Å². The lowest BCUT2D eigenvalue weighted by molar-refractivity contribution is -0.129. The minimum absolute atomic E-state index is 0.113. The zero-order valence-electron chi connectivity index (χ0n) is 21.4. The molecule has 10 heteroatoms. The van der Waals surface area contributed by atoms with Gasteiger partial charge in [-0.25, -0.2) is 4.79 Å². The van der Waals surface area contributed by atoms with E-state index in [1.807, 2.05) is 19.9 Å². The van der Waals surface area contributed by atoms with Crippen LogP contribution in [0.4, 0.5) is 10.5 Å². The van der Waals surface area contributed by atoms with Gasteiger partial charge in [-0.1, -0.05) is 77.5 Å². The predicted molar refractivity (Wildman–Crippen MR) is 140 cm³/mol. The first-order valence-electron chi connectivity index (χ1n) is 12.8. The van der Waals surface area contributed by atoms with E-state index in [4.69, 9.17) is 0 Å². The Balaban J connectivity index is 2.66. The van der Waals surface area contributed by atoms with Crippen LogP contribution >= 0.6 is 0 Å². The van der Waals surface area contributed by atoms with Gasteiger partial charge in [0.15, 0.2) is 0 Å². The topological polar surface area (TPSA) is 140 Å². The molecule has 0 bridgehead atoms. The molecule has 0 heterocycles. The van der Waals surface area contributed by atoms with Crippen LogP contribution in [-0.4, -0.2) is 53.5 Å². The van der Waals surface area contributed by atoms with E-state index in [0.29, 0.717) is 12.1 Å². The van der Waals surface area contributed by atoms with E-state index in [1.54, 1.807) is 24.3 Å². The molecule has 0 saturated heterocycles. The highest BCUT2D eigenvalue weighted by molar-refractivity contribution is 6.43. The van der Waals surface area contributed by atoms with Crippen molar-refractivity contribution < 1.29 is 24.4 Å². The smallest absolute Gasteiger partial charge is 0.426 e. The molecule has 9 nitrogen and oxygen atoms in total. The first kappa shape index (κ1) is 30.4. The number of rotatable bonds is 17. The lowest BCUT2D eigenvalue weighted by Crippen LogP contribution is -2.57. The number of amides is 4. The second kappa shape index (κ2) is 17.8. The van der Waals surface area contributed by atoms with E-state index in [2.05, 4.69) is 28.2 Å². The lowest BCUT2D eigenvalue weighted by Gasteiger charge is -2.24. The van der Waals surface area contributed by atoms with Crippen LogP contribution in [0.3, 0.4) is 0 Å². The largest absolute Gasteiger partial charge is 0.475 e. The van der Waals surface area contributed by atoms with Gasteiger partial charge in [0, 0.05) is 18.7 Å². The fourth-order valence-electron chi connectivity index (χ4n) is 3.66. The molecular weight excluding hydrogens is 447 g/mol. The molecule has 1 aromatic rings. The van der Waals surface area contributed by atoms with Gasteiger partial charge in [0.05, 0.1) is 5.94 Å². The van der Waals surface area contributed by atoms with E-state index in [-0.39, 0.29) is 24.8 Å². The van der Waals surface area contributed by atoms with Crippen molar-refractivity contribution in [2.75, 3.05) is 11.9 Å². The molecular formula is C25H43BN4O5. The minimum atomic E-state index is -1.74. The number of benzene rings is 1. The summed E-state index contributed by atoms with van der Waals surface area (Å²) in [6.45, 7) is 5.82. The van der Waals surface area contributed by atoms with Crippen molar-refractivity contribution in [2.24, 2.45) is 5.92 Å². The summed E-state index contributed by atoms with van der Waals surface area (Å²) in [6, 6.07) is 7.28. The van der Waals surface area contributed by atoms with Gasteiger partial charge < -0.3 is 31.3 Å². The molecule has 0 saturated carbocycles. The summed E-state index contributed by atoms with van der Waals surface area (Å²) in [4.78, 5) is 37.7. The molecule has 35 heavy (non-hydrogen) atoms. The van der Waals surface area contributed by atoms with Crippen molar-refractivity contribution in [3.63, 3.8) is 0 Å². The van der Waals surface area contributed by atoms with Gasteiger partial charge in [0.2, 0.25) is 11.8 Å². The maximum absolute atomic E-state index is 12.9. The number of para-hydroxylation sites is 1. The Morgan fingerprint density at radius 1 is 0.914 bits per heavy atom. The molecule has 0 aliphatic heterocycles. The molecule has 1 aromatic carbocycles. The summed E-state index contributed by atoms with van der Waals surface area (Å²) in [7, 11) is -1.74. The van der Waals surface area contributed by atoms with Crippen molar-refractivity contribution >= 4 is 30.7 Å². The van der Waals surface area contributed by atoms with Crippen LogP contribution in [0.15, 0.2) is 30.3 Å². The van der Waals surface area contributed by atoms with Gasteiger partial charge >= 0.3 is 13.1 Å². The van der Waals surface area contributed by atoms with E-state index in [1.165, 1.54) is 19.3 Å². The Morgan fingerprint density at radius 3 is 2.14 bits per heavy atom. The summed E-state index contributed by atoms with van der Waals surface area (Å²) in [5, 5.41) is 29.9. The quantitative estimate of drug-likeness (QED) is 0.147. The Hall–Kier alpha value is -2.59. The number of hydrogen-bond acceptors (Lipinski definition) is 5. The molecule has 4 amide bonds. The zero-order chi connectivity index (χ0) is 26.1. The van der Waals surface area contributed by atoms with Gasteiger partial charge in [-0.15, -0.1) is 0 Å². The van der Waals surface area contributed by atoms with Crippen LogP contribution in [-0.2, 0) is 9.59 Å². The van der Waals surface area contributed by atoms with Gasteiger partial charge in [-0.05, 0) is 30.9 Å². The molecule has 196 valence electrons. The van der Waals surface area contributed by atoms with Gasteiger partial charge in [0.25, 0.3) is 0 Å². The number of carbonyl (C=O) groups is 3. The number of urea groups is 1. The molecule has 6 N–H and O–H groups in total. The SMILES string of the molecule is CCCCCCCCCC(=O)N[C@@H](CNC(=O)Nc1ccccc1)C(=O)N[C@@H](CC(C)C)B(O)O. The first-order chi connectivity index (χ1) is 16.7. The van der Waals surface area contributed by atoms with Crippen LogP contribution in [0.1, 0.15) is 78.6 Å². The average Bonchev–Trinajstić information content (AvgIpc) is 2.81. The summed E-state index contributed by atoms with van der Waals surface area (Å²) >= 11 is 0. The molecule has 0 aromatic heterocycles. The Bertz CT molecular complexity index is 749. The lowest BCUT2D eigenvalue weighted by atomic mass is 9.75. The summed E-state index contributed by atoms with van der Waals surface area (Å²) in [5.41, 5.74) is 0.592. The average molecular weight is 490 g/mol. The van der Waals surface area contributed by atoms with Gasteiger partial charge in [-0.3, -0.25) is 9.59 Å². The standard InChI is InChI=1S/C25H43BN4O5/c1-4-5-6-7-8-9-13-16-23(31)29-21(24(32)30-22(26(34)35)17-19(2)3)18-27-25(33)28-20-14-11-10-12-15-20/h10-12,14-15,19,21-22,34-35H,4-9,13,16-18H2,1-3H3,(H,29,31)(H,30,32)(H2,27,28,33)/t21-,22-/m0/s1. The highest BCUT2D eigenvalue weighted by atomic mass is 16.4. The molecule has 2 atom stereocenters. The summed E-state index contributed by atoms with van der Waals surface area (Å²) in [5.74, 6) is -1.64. The maximum Gasteiger partial charge on any atom is 0.475 e. The zero-order valence-corrected chi connectivity index (χ0v) is 21.4. The molecule has 0 unspecified atom stereocenters. The van der Waals surface area contributed by atoms with Crippen LogP contribution in [0.5, 0.6) is 0 Å². The fourth-order valence-corrected chi connectivity index (χ4v) is 3.66. The second-order valence-electron chi connectivity index (χ2n) is 9.35. The molecule has 1 rings (SSSR count). The highest BCUT2D eigenvalue weighted by Crippen LogP contribution is 2.09. The minimum Gasteiger partial charge on any atom is -0.426 e. The predicted octanol–water partition coefficient (Wildman–Crippen LogP) is 2.98. The van der Waals surface area contributed by atoms with Crippen molar-refractivity contribution in [3.05, 3.63) is 30.3 Å². The normalized spacial score (nSPS) is 12.5. The molecule has 0 aliphatic carbocycles. The van der Waals surface area contributed by atoms with Crippen LogP contribution in [0.25, 0.3) is 0 Å². The molecule has 0 aliphatic rings. The highest BCUT2D eigenvalue weighted by Gasteiger charge is 2.30. The Labute approximate surface area is 210 Å². The maximum atomic E-state index is 12.9. The Kier molecular flexibility index (Phi) is 15.5. The number of anilines is 1. The van der Waals surface area contributed by atoms with Crippen molar-refractivity contribution in [3.8, 4) is 0 Å². The van der Waals surface area contributed by atoms with Crippen LogP contribution in [0, 0.1) is 5.92 Å². The molecule has 0 spiro atoms. The Morgan fingerprint density at radius 2 is 1.54 bits per heavy atom. The van der Waals surface area contributed by atoms with Crippen LogP contribution < -0.4 is 21.3 Å². The first-order valence-corrected chi connectivity index (χ1v) is 12.8. The number of carbonyl (C=O) groups excluding carboxylic acids is 3. The van der Waals surface area contributed by atoms with Gasteiger partial charge in [-0.2, -0.15) is 0 Å². The molecule has 0 fully saturated rings. The second-order valence-corrected chi connectivity index (χ2v) is 9.35. The third-order valence-corrected chi connectivity index (χ3v) is 5.57. The van der Waals surface area contributed by atoms with Crippen molar-refractivity contribution in [1.29, 1.82) is 0 Å². The fraction of sp³-hybridized carbons (Fsp3) is 0.640. The van der Waals surface area contributed by atoms with Crippen molar-refractivity contribution in [2.45, 2.75) is 90.5 Å². The van der Waals surface area contributed by atoms with Crippen LogP contribution in [0.2, 0.25) is 0 Å². The number of hydrogen-bond donors (Lipinski definition) is 6. The third-order valence-electron chi connectivity index (χ3n) is 5.57. The molecule has 0 radical (unpaired) electrons. The van der Waals surface area contributed by atoms with E-state index in [0.717, 1.165) is 25.7 Å². The summed E-state index contributed by atoms with van der Waals surface area (Å²) in [6.07, 6.45) is 8.15. The van der Waals surface area contributed by atoms with Gasteiger partial charge in [0.1, 0.15) is 6.04 Å². The number of nitrogens with one attached hydrogen (secondary N) is 4. The summed E-state index contributed by atoms with van der Waals surface area (Å²) < 4.78 is 0.